The summed E-state index contributed by atoms with van der Waals surface area (Å²) in [5, 5.41) is 11.6. The average Bonchev–Trinajstić information content (AvgIpc) is 2.90. The summed E-state index contributed by atoms with van der Waals surface area (Å²) in [6, 6.07) is 13.7. The van der Waals surface area contributed by atoms with Crippen molar-refractivity contribution >= 4 is 22.5 Å². The van der Waals surface area contributed by atoms with Crippen LogP contribution in [0.4, 0.5) is 5.69 Å². The second-order valence-electron chi connectivity index (χ2n) is 5.01. The summed E-state index contributed by atoms with van der Waals surface area (Å²) in [5.41, 5.74) is 7.70. The number of primary amides is 1. The molecule has 0 spiro atoms. The number of hydrogen-bond donors (Lipinski definition) is 1. The number of nitro groups is 1. The summed E-state index contributed by atoms with van der Waals surface area (Å²) in [6.07, 6.45) is 1.89. The van der Waals surface area contributed by atoms with Crippen molar-refractivity contribution in [3.05, 3.63) is 76.0 Å². The first-order valence-electron chi connectivity index (χ1n) is 6.66. The summed E-state index contributed by atoms with van der Waals surface area (Å²) < 4.78 is 2.00. The fourth-order valence-electron chi connectivity index (χ4n) is 2.41. The highest BCUT2D eigenvalue weighted by atomic mass is 16.6. The van der Waals surface area contributed by atoms with E-state index in [4.69, 9.17) is 5.73 Å². The van der Waals surface area contributed by atoms with Gasteiger partial charge >= 0.3 is 0 Å². The van der Waals surface area contributed by atoms with Crippen molar-refractivity contribution in [3.63, 3.8) is 0 Å². The number of carbonyl (C=O) groups is 1. The molecule has 0 aliphatic carbocycles. The normalized spacial score (nSPS) is 10.7. The van der Waals surface area contributed by atoms with Gasteiger partial charge in [-0.05, 0) is 29.8 Å². The molecule has 0 bridgehead atoms. The van der Waals surface area contributed by atoms with E-state index in [1.165, 1.54) is 6.07 Å². The molecular formula is C16H13N3O3. The van der Waals surface area contributed by atoms with Crippen LogP contribution in [0.15, 0.2) is 54.7 Å². The van der Waals surface area contributed by atoms with Gasteiger partial charge < -0.3 is 10.3 Å². The standard InChI is InChI=1S/C16H13N3O3/c17-16(20)12-3-1-11(2-4-12)10-18-8-7-13-9-14(19(21)22)5-6-15(13)18/h1-9H,10H2,(H2,17,20). The number of non-ortho nitro benzene ring substituents is 1. The van der Waals surface area contributed by atoms with Gasteiger partial charge in [0.2, 0.25) is 5.91 Å². The third-order valence-corrected chi connectivity index (χ3v) is 3.56. The molecule has 110 valence electrons. The van der Waals surface area contributed by atoms with Crippen LogP contribution >= 0.6 is 0 Å². The lowest BCUT2D eigenvalue weighted by molar-refractivity contribution is -0.384. The van der Waals surface area contributed by atoms with Gasteiger partial charge in [0.15, 0.2) is 0 Å². The maximum absolute atomic E-state index is 11.1. The Bertz CT molecular complexity index is 866. The predicted molar refractivity (Wildman–Crippen MR) is 82.7 cm³/mol. The van der Waals surface area contributed by atoms with Crippen LogP contribution in [0.2, 0.25) is 0 Å². The summed E-state index contributed by atoms with van der Waals surface area (Å²) in [4.78, 5) is 21.4. The molecule has 0 unspecified atom stereocenters. The van der Waals surface area contributed by atoms with Crippen molar-refractivity contribution in [2.45, 2.75) is 6.54 Å². The van der Waals surface area contributed by atoms with E-state index >= 15 is 0 Å². The monoisotopic (exact) mass is 295 g/mol. The van der Waals surface area contributed by atoms with Crippen LogP contribution in [-0.2, 0) is 6.54 Å². The zero-order chi connectivity index (χ0) is 15.7. The quantitative estimate of drug-likeness (QED) is 0.592. The average molecular weight is 295 g/mol. The molecule has 22 heavy (non-hydrogen) atoms. The van der Waals surface area contributed by atoms with Crippen LogP contribution in [0.1, 0.15) is 15.9 Å². The number of amides is 1. The summed E-state index contributed by atoms with van der Waals surface area (Å²) in [7, 11) is 0. The topological polar surface area (TPSA) is 91.2 Å². The van der Waals surface area contributed by atoms with Gasteiger partial charge in [0, 0.05) is 41.3 Å². The lowest BCUT2D eigenvalue weighted by Crippen LogP contribution is -2.10. The zero-order valence-electron chi connectivity index (χ0n) is 11.6. The minimum Gasteiger partial charge on any atom is -0.366 e. The Morgan fingerprint density at radius 3 is 2.50 bits per heavy atom. The minimum absolute atomic E-state index is 0.0797. The van der Waals surface area contributed by atoms with Gasteiger partial charge in [0.05, 0.1) is 4.92 Å². The number of fused-ring (bicyclic) bond motifs is 1. The Morgan fingerprint density at radius 2 is 1.86 bits per heavy atom. The number of carbonyl (C=O) groups excluding carboxylic acids is 1. The van der Waals surface area contributed by atoms with E-state index in [0.29, 0.717) is 12.1 Å². The van der Waals surface area contributed by atoms with E-state index in [0.717, 1.165) is 16.5 Å². The van der Waals surface area contributed by atoms with Gasteiger partial charge in [-0.15, -0.1) is 0 Å². The van der Waals surface area contributed by atoms with Gasteiger partial charge in [-0.2, -0.15) is 0 Å². The molecule has 6 heteroatoms. The molecule has 3 aromatic rings. The van der Waals surface area contributed by atoms with Crippen molar-refractivity contribution in [1.82, 2.24) is 4.57 Å². The Balaban J connectivity index is 1.90. The van der Waals surface area contributed by atoms with Crippen LogP contribution in [0.25, 0.3) is 10.9 Å². The van der Waals surface area contributed by atoms with Gasteiger partial charge in [0.1, 0.15) is 0 Å². The molecule has 0 aliphatic heterocycles. The molecule has 1 heterocycles. The Morgan fingerprint density at radius 1 is 1.14 bits per heavy atom. The molecule has 0 aliphatic rings. The van der Waals surface area contributed by atoms with Gasteiger partial charge in [-0.3, -0.25) is 14.9 Å². The van der Waals surface area contributed by atoms with Crippen LogP contribution in [0.5, 0.6) is 0 Å². The number of nitro benzene ring substituents is 1. The molecule has 2 N–H and O–H groups in total. The van der Waals surface area contributed by atoms with E-state index in [-0.39, 0.29) is 5.69 Å². The van der Waals surface area contributed by atoms with Crippen LogP contribution in [0.3, 0.4) is 0 Å². The second kappa shape index (κ2) is 5.33. The molecule has 0 radical (unpaired) electrons. The first-order chi connectivity index (χ1) is 10.5. The third-order valence-electron chi connectivity index (χ3n) is 3.56. The number of rotatable bonds is 4. The lowest BCUT2D eigenvalue weighted by atomic mass is 10.1. The molecule has 0 saturated heterocycles. The van der Waals surface area contributed by atoms with Crippen molar-refractivity contribution in [1.29, 1.82) is 0 Å². The molecule has 2 aromatic carbocycles. The molecule has 0 saturated carbocycles. The van der Waals surface area contributed by atoms with E-state index in [1.807, 2.05) is 29.0 Å². The Labute approximate surface area is 125 Å². The fourth-order valence-corrected chi connectivity index (χ4v) is 2.41. The zero-order valence-corrected chi connectivity index (χ0v) is 11.6. The molecule has 0 atom stereocenters. The minimum atomic E-state index is -0.453. The van der Waals surface area contributed by atoms with Crippen molar-refractivity contribution in [3.8, 4) is 0 Å². The molecule has 6 nitrogen and oxygen atoms in total. The van der Waals surface area contributed by atoms with E-state index in [2.05, 4.69) is 0 Å². The SMILES string of the molecule is NC(=O)c1ccc(Cn2ccc3cc([N+](=O)[O-])ccc32)cc1. The predicted octanol–water partition coefficient (Wildman–Crippen LogP) is 2.70. The number of nitrogens with two attached hydrogens (primary N) is 1. The largest absolute Gasteiger partial charge is 0.366 e. The summed E-state index contributed by atoms with van der Waals surface area (Å²) in [6.45, 7) is 0.611. The lowest BCUT2D eigenvalue weighted by Gasteiger charge is -2.06. The highest BCUT2D eigenvalue weighted by Gasteiger charge is 2.09. The molecule has 3 rings (SSSR count). The first-order valence-corrected chi connectivity index (χ1v) is 6.66. The third kappa shape index (κ3) is 2.54. The van der Waals surface area contributed by atoms with E-state index < -0.39 is 10.8 Å². The Hall–Kier alpha value is -3.15. The van der Waals surface area contributed by atoms with Crippen LogP contribution < -0.4 is 5.73 Å². The number of nitrogens with zero attached hydrogens (tertiary/aromatic N) is 2. The summed E-state index contributed by atoms with van der Waals surface area (Å²) in [5.74, 6) is -0.453. The molecule has 1 amide bonds. The number of hydrogen-bond acceptors (Lipinski definition) is 3. The smallest absolute Gasteiger partial charge is 0.270 e. The molecule has 1 aromatic heterocycles. The van der Waals surface area contributed by atoms with Crippen LogP contribution in [0, 0.1) is 10.1 Å². The maximum Gasteiger partial charge on any atom is 0.270 e. The van der Waals surface area contributed by atoms with Crippen molar-refractivity contribution < 1.29 is 9.72 Å². The highest BCUT2D eigenvalue weighted by molar-refractivity contribution is 5.92. The second-order valence-corrected chi connectivity index (χ2v) is 5.01. The molecule has 0 fully saturated rings. The van der Waals surface area contributed by atoms with Gasteiger partial charge in [0.25, 0.3) is 5.69 Å². The van der Waals surface area contributed by atoms with Crippen molar-refractivity contribution in [2.24, 2.45) is 5.73 Å². The highest BCUT2D eigenvalue weighted by Crippen LogP contribution is 2.22. The number of benzene rings is 2. The molecular weight excluding hydrogens is 282 g/mol. The Kier molecular flexibility index (Phi) is 3.34. The maximum atomic E-state index is 11.1. The van der Waals surface area contributed by atoms with Crippen molar-refractivity contribution in [2.75, 3.05) is 0 Å². The first kappa shape index (κ1) is 13.8. The van der Waals surface area contributed by atoms with Gasteiger partial charge in [-0.1, -0.05) is 12.1 Å². The van der Waals surface area contributed by atoms with Gasteiger partial charge in [-0.25, -0.2) is 0 Å². The van der Waals surface area contributed by atoms with Crippen LogP contribution in [-0.4, -0.2) is 15.4 Å². The van der Waals surface area contributed by atoms with E-state index in [9.17, 15) is 14.9 Å². The number of aromatic nitrogens is 1. The fraction of sp³-hybridized carbons (Fsp3) is 0.0625. The van der Waals surface area contributed by atoms with E-state index in [1.54, 1.807) is 24.3 Å². The summed E-state index contributed by atoms with van der Waals surface area (Å²) >= 11 is 0.